The first-order chi connectivity index (χ1) is 12.8. The van der Waals surface area contributed by atoms with Crippen LogP contribution in [-0.2, 0) is 14.8 Å². The number of sulfonamides is 1. The number of rotatable bonds is 4. The molecule has 0 aromatic heterocycles. The highest BCUT2D eigenvalue weighted by molar-refractivity contribution is 7.89. The van der Waals surface area contributed by atoms with Crippen molar-refractivity contribution in [3.63, 3.8) is 0 Å². The molecule has 0 unspecified atom stereocenters. The molecule has 27 heavy (non-hydrogen) atoms. The van der Waals surface area contributed by atoms with Gasteiger partial charge in [0.1, 0.15) is 5.82 Å². The SMILES string of the molecule is Cc1c(Cl)cccc1NC(=O)C1CCN(S(=O)(=O)c2ccc(F)cc2)CC1. The Morgan fingerprint density at radius 2 is 1.78 bits per heavy atom. The molecule has 0 radical (unpaired) electrons. The Bertz CT molecular complexity index is 940. The lowest BCUT2D eigenvalue weighted by Crippen LogP contribution is -2.41. The molecule has 0 aliphatic carbocycles. The van der Waals surface area contributed by atoms with E-state index in [1.807, 2.05) is 6.92 Å². The third-order valence-electron chi connectivity index (χ3n) is 4.80. The average molecular weight is 411 g/mol. The number of hydrogen-bond donors (Lipinski definition) is 1. The lowest BCUT2D eigenvalue weighted by Gasteiger charge is -2.30. The predicted octanol–water partition coefficient (Wildman–Crippen LogP) is 3.83. The van der Waals surface area contributed by atoms with Crippen molar-refractivity contribution >= 4 is 33.2 Å². The maximum absolute atomic E-state index is 13.0. The molecule has 3 rings (SSSR count). The van der Waals surface area contributed by atoms with E-state index in [0.717, 1.165) is 17.7 Å². The zero-order chi connectivity index (χ0) is 19.6. The van der Waals surface area contributed by atoms with E-state index in [4.69, 9.17) is 11.6 Å². The second-order valence-corrected chi connectivity index (χ2v) is 8.88. The first kappa shape index (κ1) is 19.8. The van der Waals surface area contributed by atoms with Crippen LogP contribution in [0.25, 0.3) is 0 Å². The van der Waals surface area contributed by atoms with Crippen LogP contribution < -0.4 is 5.32 Å². The summed E-state index contributed by atoms with van der Waals surface area (Å²) in [5.41, 5.74) is 1.46. The minimum Gasteiger partial charge on any atom is -0.326 e. The molecule has 5 nitrogen and oxygen atoms in total. The van der Waals surface area contributed by atoms with Gasteiger partial charge >= 0.3 is 0 Å². The van der Waals surface area contributed by atoms with E-state index in [1.54, 1.807) is 18.2 Å². The van der Waals surface area contributed by atoms with Gasteiger partial charge < -0.3 is 5.32 Å². The molecule has 2 aromatic carbocycles. The molecule has 0 atom stereocenters. The van der Waals surface area contributed by atoms with Gasteiger partial charge in [0.25, 0.3) is 0 Å². The maximum atomic E-state index is 13.0. The molecule has 144 valence electrons. The third-order valence-corrected chi connectivity index (χ3v) is 7.12. The number of amides is 1. The Labute approximate surface area is 163 Å². The van der Waals surface area contributed by atoms with Crippen molar-refractivity contribution in [3.8, 4) is 0 Å². The van der Waals surface area contributed by atoms with Crippen LogP contribution in [0.15, 0.2) is 47.4 Å². The fourth-order valence-electron chi connectivity index (χ4n) is 3.09. The molecule has 1 amide bonds. The number of benzene rings is 2. The van der Waals surface area contributed by atoms with E-state index in [1.165, 1.54) is 16.4 Å². The summed E-state index contributed by atoms with van der Waals surface area (Å²) in [4.78, 5) is 12.6. The monoisotopic (exact) mass is 410 g/mol. The van der Waals surface area contributed by atoms with Gasteiger partial charge in [0.05, 0.1) is 4.90 Å². The summed E-state index contributed by atoms with van der Waals surface area (Å²) in [6.45, 7) is 2.31. The molecule has 1 fully saturated rings. The van der Waals surface area contributed by atoms with Gasteiger partial charge in [-0.3, -0.25) is 4.79 Å². The summed E-state index contributed by atoms with van der Waals surface area (Å²) in [5, 5.41) is 3.46. The Morgan fingerprint density at radius 1 is 1.15 bits per heavy atom. The third kappa shape index (κ3) is 4.31. The van der Waals surface area contributed by atoms with Crippen LogP contribution in [0.1, 0.15) is 18.4 Å². The van der Waals surface area contributed by atoms with Crippen molar-refractivity contribution in [2.45, 2.75) is 24.7 Å². The first-order valence-electron chi connectivity index (χ1n) is 8.61. The van der Waals surface area contributed by atoms with Gasteiger partial charge in [-0.15, -0.1) is 0 Å². The van der Waals surface area contributed by atoms with E-state index in [-0.39, 0.29) is 29.8 Å². The molecule has 1 aliphatic heterocycles. The number of piperidine rings is 1. The lowest BCUT2D eigenvalue weighted by molar-refractivity contribution is -0.120. The van der Waals surface area contributed by atoms with Crippen molar-refractivity contribution in [1.29, 1.82) is 0 Å². The summed E-state index contributed by atoms with van der Waals surface area (Å²) in [7, 11) is -3.68. The van der Waals surface area contributed by atoms with Gasteiger partial charge in [-0.25, -0.2) is 12.8 Å². The molecular weight excluding hydrogens is 391 g/mol. The van der Waals surface area contributed by atoms with Gasteiger partial charge in [0, 0.05) is 29.7 Å². The second-order valence-electron chi connectivity index (χ2n) is 6.53. The zero-order valence-electron chi connectivity index (χ0n) is 14.8. The summed E-state index contributed by atoms with van der Waals surface area (Å²) in [6, 6.07) is 10.1. The quantitative estimate of drug-likeness (QED) is 0.833. The predicted molar refractivity (Wildman–Crippen MR) is 103 cm³/mol. The Kier molecular flexibility index (Phi) is 5.83. The van der Waals surface area contributed by atoms with Crippen LogP contribution in [0.5, 0.6) is 0 Å². The summed E-state index contributed by atoms with van der Waals surface area (Å²) >= 11 is 6.07. The normalized spacial score (nSPS) is 16.3. The summed E-state index contributed by atoms with van der Waals surface area (Å²) < 4.78 is 39.6. The zero-order valence-corrected chi connectivity index (χ0v) is 16.4. The van der Waals surface area contributed by atoms with E-state index < -0.39 is 15.8 Å². The minimum absolute atomic E-state index is 0.0568. The van der Waals surface area contributed by atoms with Crippen LogP contribution >= 0.6 is 11.6 Å². The van der Waals surface area contributed by atoms with Gasteiger partial charge in [0.15, 0.2) is 0 Å². The van der Waals surface area contributed by atoms with Crippen molar-refractivity contribution in [2.24, 2.45) is 5.92 Å². The molecule has 0 spiro atoms. The molecule has 1 aliphatic rings. The number of nitrogens with zero attached hydrogens (tertiary/aromatic N) is 1. The highest BCUT2D eigenvalue weighted by Crippen LogP contribution is 2.27. The number of carbonyl (C=O) groups excluding carboxylic acids is 1. The number of hydrogen-bond acceptors (Lipinski definition) is 3. The van der Waals surface area contributed by atoms with Crippen LogP contribution in [0.4, 0.5) is 10.1 Å². The fraction of sp³-hybridized carbons (Fsp3) is 0.316. The van der Waals surface area contributed by atoms with Gasteiger partial charge in [0.2, 0.25) is 15.9 Å². The van der Waals surface area contributed by atoms with Crippen LogP contribution in [0, 0.1) is 18.7 Å². The number of carbonyl (C=O) groups is 1. The van der Waals surface area contributed by atoms with Crippen molar-refractivity contribution < 1.29 is 17.6 Å². The van der Waals surface area contributed by atoms with Gasteiger partial charge in [-0.05, 0) is 61.7 Å². The van der Waals surface area contributed by atoms with E-state index in [9.17, 15) is 17.6 Å². The van der Waals surface area contributed by atoms with Crippen molar-refractivity contribution in [1.82, 2.24) is 4.31 Å². The fourth-order valence-corrected chi connectivity index (χ4v) is 4.74. The molecule has 1 N–H and O–H groups in total. The van der Waals surface area contributed by atoms with Crippen molar-refractivity contribution in [3.05, 3.63) is 58.9 Å². The Hall–Kier alpha value is -1.96. The largest absolute Gasteiger partial charge is 0.326 e. The van der Waals surface area contributed by atoms with Gasteiger partial charge in [-0.2, -0.15) is 4.31 Å². The van der Waals surface area contributed by atoms with E-state index in [0.29, 0.717) is 23.6 Å². The lowest BCUT2D eigenvalue weighted by atomic mass is 9.97. The Morgan fingerprint density at radius 3 is 2.41 bits per heavy atom. The average Bonchev–Trinajstić information content (AvgIpc) is 2.66. The first-order valence-corrected chi connectivity index (χ1v) is 10.4. The number of nitrogens with one attached hydrogen (secondary N) is 1. The molecule has 0 saturated carbocycles. The van der Waals surface area contributed by atoms with Crippen LogP contribution in [-0.4, -0.2) is 31.7 Å². The van der Waals surface area contributed by atoms with Crippen LogP contribution in [0.3, 0.4) is 0 Å². The molecule has 2 aromatic rings. The molecular formula is C19H20ClFN2O3S. The number of halogens is 2. The maximum Gasteiger partial charge on any atom is 0.243 e. The van der Waals surface area contributed by atoms with Gasteiger partial charge in [-0.1, -0.05) is 17.7 Å². The molecule has 8 heteroatoms. The molecule has 1 saturated heterocycles. The Balaban J connectivity index is 1.63. The number of anilines is 1. The van der Waals surface area contributed by atoms with E-state index >= 15 is 0 Å². The second kappa shape index (κ2) is 7.96. The van der Waals surface area contributed by atoms with Crippen molar-refractivity contribution in [2.75, 3.05) is 18.4 Å². The van der Waals surface area contributed by atoms with E-state index in [2.05, 4.69) is 5.32 Å². The summed E-state index contributed by atoms with van der Waals surface area (Å²) in [6.07, 6.45) is 0.845. The minimum atomic E-state index is -3.68. The molecule has 0 bridgehead atoms. The van der Waals surface area contributed by atoms with Crippen LogP contribution in [0.2, 0.25) is 5.02 Å². The highest BCUT2D eigenvalue weighted by atomic mass is 35.5. The summed E-state index contributed by atoms with van der Waals surface area (Å²) in [5.74, 6) is -0.900. The smallest absolute Gasteiger partial charge is 0.243 e. The standard InChI is InChI=1S/C19H20ClFN2O3S/c1-13-17(20)3-2-4-18(13)22-19(24)14-9-11-23(12-10-14)27(25,26)16-7-5-15(21)6-8-16/h2-8,14H,9-12H2,1H3,(H,22,24). The topological polar surface area (TPSA) is 66.5 Å². The highest BCUT2D eigenvalue weighted by Gasteiger charge is 2.32. The molecule has 1 heterocycles.